The van der Waals surface area contributed by atoms with Crippen LogP contribution in [0.15, 0.2) is 24.3 Å². The van der Waals surface area contributed by atoms with Crippen LogP contribution in [-0.4, -0.2) is 48.4 Å². The molecule has 0 bridgehead atoms. The molecule has 1 fully saturated rings. The third-order valence-electron chi connectivity index (χ3n) is 4.20. The summed E-state index contributed by atoms with van der Waals surface area (Å²) in [5.74, 6) is 0.481. The number of carbonyl (C=O) groups is 1. The maximum Gasteiger partial charge on any atom is 0.318 e. The third kappa shape index (κ3) is 4.94. The van der Waals surface area contributed by atoms with Crippen LogP contribution in [0.2, 0.25) is 0 Å². The van der Waals surface area contributed by atoms with Gasteiger partial charge in [0.25, 0.3) is 0 Å². The van der Waals surface area contributed by atoms with E-state index in [0.717, 1.165) is 6.42 Å². The van der Waals surface area contributed by atoms with Gasteiger partial charge in [0.1, 0.15) is 0 Å². The summed E-state index contributed by atoms with van der Waals surface area (Å²) in [6, 6.07) is 8.10. The highest BCUT2D eigenvalue weighted by Crippen LogP contribution is 2.24. The lowest BCUT2D eigenvalue weighted by molar-refractivity contribution is -0.0405. The third-order valence-corrected chi connectivity index (χ3v) is 4.20. The average molecular weight is 320 g/mol. The molecular weight excluding hydrogens is 292 g/mol. The normalized spacial score (nSPS) is 19.7. The summed E-state index contributed by atoms with van der Waals surface area (Å²) in [6.45, 7) is 7.80. The maximum atomic E-state index is 12.6. The smallest absolute Gasteiger partial charge is 0.318 e. The van der Waals surface area contributed by atoms with Gasteiger partial charge in [-0.05, 0) is 30.4 Å². The van der Waals surface area contributed by atoms with E-state index in [1.54, 1.807) is 4.90 Å². The van der Waals surface area contributed by atoms with Crippen LogP contribution >= 0.6 is 0 Å². The molecule has 1 heterocycles. The zero-order valence-electron chi connectivity index (χ0n) is 14.3. The zero-order valence-corrected chi connectivity index (χ0v) is 14.3. The Balaban J connectivity index is 2.08. The van der Waals surface area contributed by atoms with Gasteiger partial charge in [-0.1, -0.05) is 38.1 Å². The predicted octanol–water partition coefficient (Wildman–Crippen LogP) is 2.48. The molecule has 0 unspecified atom stereocenters. The van der Waals surface area contributed by atoms with Gasteiger partial charge >= 0.3 is 6.03 Å². The number of hydrogen-bond donors (Lipinski definition) is 2. The number of morpholine rings is 1. The first-order chi connectivity index (χ1) is 11.0. The predicted molar refractivity (Wildman–Crippen MR) is 90.3 cm³/mol. The molecule has 2 rings (SSSR count). The van der Waals surface area contributed by atoms with E-state index in [2.05, 4.69) is 38.2 Å². The van der Waals surface area contributed by atoms with Crippen LogP contribution < -0.4 is 5.32 Å². The second-order valence-electron chi connectivity index (χ2n) is 6.61. The number of ether oxygens (including phenoxy) is 1. The van der Waals surface area contributed by atoms with Crippen molar-refractivity contribution in [3.05, 3.63) is 35.4 Å². The minimum atomic E-state index is -0.281. The molecule has 5 nitrogen and oxygen atoms in total. The van der Waals surface area contributed by atoms with Gasteiger partial charge in [-0.3, -0.25) is 0 Å². The number of rotatable bonds is 5. The lowest BCUT2D eigenvalue weighted by atomic mass is 9.94. The molecule has 1 aliphatic heterocycles. The molecule has 23 heavy (non-hydrogen) atoms. The van der Waals surface area contributed by atoms with Crippen LogP contribution in [0.5, 0.6) is 0 Å². The van der Waals surface area contributed by atoms with Crippen molar-refractivity contribution < 1.29 is 14.6 Å². The molecule has 0 radical (unpaired) electrons. The molecule has 0 saturated carbocycles. The Morgan fingerprint density at radius 3 is 2.83 bits per heavy atom. The Morgan fingerprint density at radius 1 is 1.43 bits per heavy atom. The summed E-state index contributed by atoms with van der Waals surface area (Å²) in [4.78, 5) is 14.3. The van der Waals surface area contributed by atoms with Crippen LogP contribution in [0.25, 0.3) is 0 Å². The highest BCUT2D eigenvalue weighted by molar-refractivity contribution is 5.75. The Hall–Kier alpha value is -1.59. The van der Waals surface area contributed by atoms with Crippen molar-refractivity contribution in [2.24, 2.45) is 5.92 Å². The molecule has 1 saturated heterocycles. The van der Waals surface area contributed by atoms with Gasteiger partial charge in [-0.2, -0.15) is 0 Å². The van der Waals surface area contributed by atoms with Gasteiger partial charge in [-0.25, -0.2) is 4.79 Å². The molecule has 128 valence electrons. The van der Waals surface area contributed by atoms with Crippen molar-refractivity contribution in [2.75, 3.05) is 26.3 Å². The van der Waals surface area contributed by atoms with E-state index in [-0.39, 0.29) is 24.8 Å². The number of amides is 2. The van der Waals surface area contributed by atoms with E-state index in [9.17, 15) is 9.90 Å². The first-order valence-corrected chi connectivity index (χ1v) is 8.34. The molecule has 1 aliphatic rings. The second kappa shape index (κ2) is 8.31. The molecule has 1 aromatic rings. The number of nitrogens with one attached hydrogen (secondary N) is 1. The van der Waals surface area contributed by atoms with E-state index in [0.29, 0.717) is 25.6 Å². The summed E-state index contributed by atoms with van der Waals surface area (Å²) in [6.07, 6.45) is 0.612. The Labute approximate surface area is 138 Å². The van der Waals surface area contributed by atoms with Crippen molar-refractivity contribution in [3.8, 4) is 0 Å². The Kier molecular flexibility index (Phi) is 6.42. The molecule has 2 atom stereocenters. The standard InChI is InChI=1S/C18H28N2O3/c1-13(2)10-17(16-7-5-4-6-14(16)3)19-18(22)20-8-9-23-15(11-20)12-21/h4-7,13,15,17,21H,8-12H2,1-3H3,(H,19,22)/t15-,17-/m1/s1. The monoisotopic (exact) mass is 320 g/mol. The number of carbonyl (C=O) groups excluding carboxylic acids is 1. The van der Waals surface area contributed by atoms with Crippen LogP contribution in [0.1, 0.15) is 37.4 Å². The van der Waals surface area contributed by atoms with Crippen molar-refractivity contribution in [1.82, 2.24) is 10.2 Å². The Bertz CT molecular complexity index is 519. The molecule has 0 aromatic heterocycles. The number of benzene rings is 1. The zero-order chi connectivity index (χ0) is 16.8. The van der Waals surface area contributed by atoms with Crippen LogP contribution in [-0.2, 0) is 4.74 Å². The number of aryl methyl sites for hydroxylation is 1. The first kappa shape index (κ1) is 17.8. The lowest BCUT2D eigenvalue weighted by Crippen LogP contribution is -2.51. The topological polar surface area (TPSA) is 61.8 Å². The maximum absolute atomic E-state index is 12.6. The van der Waals surface area contributed by atoms with E-state index >= 15 is 0 Å². The molecular formula is C18H28N2O3. The van der Waals surface area contributed by atoms with Crippen LogP contribution in [0, 0.1) is 12.8 Å². The van der Waals surface area contributed by atoms with Crippen molar-refractivity contribution in [1.29, 1.82) is 0 Å². The number of aliphatic hydroxyl groups is 1. The molecule has 1 aromatic carbocycles. The van der Waals surface area contributed by atoms with Crippen molar-refractivity contribution in [2.45, 2.75) is 39.3 Å². The summed E-state index contributed by atoms with van der Waals surface area (Å²) in [5, 5.41) is 12.4. The second-order valence-corrected chi connectivity index (χ2v) is 6.61. The van der Waals surface area contributed by atoms with E-state index in [1.165, 1.54) is 11.1 Å². The summed E-state index contributed by atoms with van der Waals surface area (Å²) >= 11 is 0. The van der Waals surface area contributed by atoms with Gasteiger partial charge in [-0.15, -0.1) is 0 Å². The fourth-order valence-electron chi connectivity index (χ4n) is 2.97. The van der Waals surface area contributed by atoms with Gasteiger partial charge in [0.05, 0.1) is 31.9 Å². The number of urea groups is 1. The van der Waals surface area contributed by atoms with Gasteiger partial charge in [0.2, 0.25) is 0 Å². The summed E-state index contributed by atoms with van der Waals surface area (Å²) < 4.78 is 5.41. The van der Waals surface area contributed by atoms with Crippen molar-refractivity contribution >= 4 is 6.03 Å². The van der Waals surface area contributed by atoms with Crippen LogP contribution in [0.3, 0.4) is 0 Å². The lowest BCUT2D eigenvalue weighted by Gasteiger charge is -2.34. The summed E-state index contributed by atoms with van der Waals surface area (Å²) in [5.41, 5.74) is 2.36. The number of aliphatic hydroxyl groups excluding tert-OH is 1. The molecule has 2 N–H and O–H groups in total. The number of hydrogen-bond acceptors (Lipinski definition) is 3. The van der Waals surface area contributed by atoms with E-state index in [1.807, 2.05) is 12.1 Å². The highest BCUT2D eigenvalue weighted by atomic mass is 16.5. The van der Waals surface area contributed by atoms with Crippen molar-refractivity contribution in [3.63, 3.8) is 0 Å². The minimum absolute atomic E-state index is 0.000813. The molecule has 5 heteroatoms. The SMILES string of the molecule is Cc1ccccc1[C@@H](CC(C)C)NC(=O)N1CCO[C@@H](CO)C1. The highest BCUT2D eigenvalue weighted by Gasteiger charge is 2.26. The summed E-state index contributed by atoms with van der Waals surface area (Å²) in [7, 11) is 0. The minimum Gasteiger partial charge on any atom is -0.394 e. The van der Waals surface area contributed by atoms with Crippen LogP contribution in [0.4, 0.5) is 4.79 Å². The number of nitrogens with zero attached hydrogens (tertiary/aromatic N) is 1. The largest absolute Gasteiger partial charge is 0.394 e. The van der Waals surface area contributed by atoms with E-state index in [4.69, 9.17) is 4.74 Å². The Morgan fingerprint density at radius 2 is 2.17 bits per heavy atom. The fourth-order valence-corrected chi connectivity index (χ4v) is 2.97. The van der Waals surface area contributed by atoms with Gasteiger partial charge in [0.15, 0.2) is 0 Å². The quantitative estimate of drug-likeness (QED) is 0.876. The average Bonchev–Trinajstić information content (AvgIpc) is 2.54. The van der Waals surface area contributed by atoms with E-state index < -0.39 is 0 Å². The van der Waals surface area contributed by atoms with Gasteiger partial charge in [0, 0.05) is 6.54 Å². The molecule has 0 aliphatic carbocycles. The van der Waals surface area contributed by atoms with Gasteiger partial charge < -0.3 is 20.1 Å². The first-order valence-electron chi connectivity index (χ1n) is 8.34. The fraction of sp³-hybridized carbons (Fsp3) is 0.611. The molecule has 0 spiro atoms. The molecule has 2 amide bonds.